The van der Waals surface area contributed by atoms with Gasteiger partial charge in [0.2, 0.25) is 0 Å². The quantitative estimate of drug-likeness (QED) is 0.720. The van der Waals surface area contributed by atoms with E-state index < -0.39 is 0 Å². The van der Waals surface area contributed by atoms with Crippen LogP contribution in [0.1, 0.15) is 38.7 Å². The smallest absolute Gasteiger partial charge is 0.0460 e. The maximum atomic E-state index is 9.23. The van der Waals surface area contributed by atoms with Crippen LogP contribution in [-0.4, -0.2) is 30.8 Å². The van der Waals surface area contributed by atoms with Crippen molar-refractivity contribution >= 4 is 5.69 Å². The molecule has 1 aliphatic rings. The lowest BCUT2D eigenvalue weighted by molar-refractivity contribution is 0.203. The molecule has 23 heavy (non-hydrogen) atoms. The Balaban J connectivity index is 1.81. The highest BCUT2D eigenvalue weighted by molar-refractivity contribution is 5.48. The molecule has 0 amide bonds. The zero-order valence-electron chi connectivity index (χ0n) is 14.7. The van der Waals surface area contributed by atoms with Gasteiger partial charge < -0.3 is 15.3 Å². The van der Waals surface area contributed by atoms with E-state index in [1.54, 1.807) is 0 Å². The molecule has 1 aromatic carbocycles. The molecular weight excluding hydrogens is 284 g/mol. The zero-order chi connectivity index (χ0) is 16.7. The summed E-state index contributed by atoms with van der Waals surface area (Å²) in [4.78, 5) is 2.43. The molecule has 2 N–H and O–H groups in total. The summed E-state index contributed by atoms with van der Waals surface area (Å²) in [5.41, 5.74) is 2.63. The topological polar surface area (TPSA) is 35.5 Å². The van der Waals surface area contributed by atoms with Crippen molar-refractivity contribution in [1.82, 2.24) is 5.32 Å². The van der Waals surface area contributed by atoms with Crippen LogP contribution in [0.25, 0.3) is 0 Å². The molecule has 1 aliphatic heterocycles. The molecule has 2 rings (SSSR count). The molecule has 1 saturated heterocycles. The van der Waals surface area contributed by atoms with E-state index in [4.69, 9.17) is 0 Å². The van der Waals surface area contributed by atoms with E-state index in [0.717, 1.165) is 38.9 Å². The second-order valence-electron chi connectivity index (χ2n) is 6.95. The van der Waals surface area contributed by atoms with Crippen LogP contribution in [0, 0.1) is 11.8 Å². The molecule has 1 aromatic rings. The molecule has 128 valence electrons. The lowest BCUT2D eigenvalue weighted by Gasteiger charge is -2.33. The molecule has 1 heterocycles. The molecular formula is C20H32N2O. The third kappa shape index (κ3) is 5.36. The summed E-state index contributed by atoms with van der Waals surface area (Å²) in [6.07, 6.45) is 5.24. The highest BCUT2D eigenvalue weighted by atomic mass is 16.3. The van der Waals surface area contributed by atoms with Crippen molar-refractivity contribution in [3.8, 4) is 0 Å². The van der Waals surface area contributed by atoms with Crippen LogP contribution in [0.15, 0.2) is 36.9 Å². The Labute approximate surface area is 141 Å². The molecule has 1 fully saturated rings. The summed E-state index contributed by atoms with van der Waals surface area (Å²) < 4.78 is 0. The minimum Gasteiger partial charge on any atom is -0.396 e. The van der Waals surface area contributed by atoms with Crippen molar-refractivity contribution in [1.29, 1.82) is 0 Å². The molecule has 0 aliphatic carbocycles. The Morgan fingerprint density at radius 3 is 2.48 bits per heavy atom. The standard InChI is InChI=1S/C20H32N2O/c1-4-5-16(2)17(3)21-14-18-6-8-20(9-7-18)22-12-10-19(15-23)11-13-22/h4,6-9,16-17,19,21,23H,1,5,10-15H2,2-3H3. The van der Waals surface area contributed by atoms with Gasteiger partial charge in [-0.25, -0.2) is 0 Å². The molecule has 2 unspecified atom stereocenters. The molecule has 3 nitrogen and oxygen atoms in total. The fourth-order valence-corrected chi connectivity index (χ4v) is 3.15. The Bertz CT molecular complexity index is 463. The lowest BCUT2D eigenvalue weighted by Crippen LogP contribution is -2.34. The summed E-state index contributed by atoms with van der Waals surface area (Å²) >= 11 is 0. The fraction of sp³-hybridized carbons (Fsp3) is 0.600. The maximum Gasteiger partial charge on any atom is 0.0460 e. The number of hydrogen-bond acceptors (Lipinski definition) is 3. The van der Waals surface area contributed by atoms with Crippen LogP contribution in [0.5, 0.6) is 0 Å². The highest BCUT2D eigenvalue weighted by Crippen LogP contribution is 2.23. The lowest BCUT2D eigenvalue weighted by atomic mass is 9.97. The first-order valence-corrected chi connectivity index (χ1v) is 8.93. The van der Waals surface area contributed by atoms with Gasteiger partial charge in [-0.05, 0) is 55.7 Å². The van der Waals surface area contributed by atoms with E-state index in [-0.39, 0.29) is 0 Å². The van der Waals surface area contributed by atoms with Gasteiger partial charge in [0.1, 0.15) is 0 Å². The number of piperidine rings is 1. The van der Waals surface area contributed by atoms with Crippen molar-refractivity contribution < 1.29 is 5.11 Å². The van der Waals surface area contributed by atoms with Gasteiger partial charge in [-0.2, -0.15) is 0 Å². The van der Waals surface area contributed by atoms with Crippen molar-refractivity contribution in [2.45, 2.75) is 45.7 Å². The van der Waals surface area contributed by atoms with Gasteiger partial charge >= 0.3 is 0 Å². The number of nitrogens with zero attached hydrogens (tertiary/aromatic N) is 1. The van der Waals surface area contributed by atoms with E-state index in [1.807, 2.05) is 6.08 Å². The van der Waals surface area contributed by atoms with Crippen LogP contribution in [0.4, 0.5) is 5.69 Å². The average Bonchev–Trinajstić information content (AvgIpc) is 2.60. The Hall–Kier alpha value is -1.32. The number of rotatable bonds is 8. The van der Waals surface area contributed by atoms with Gasteiger partial charge in [0.05, 0.1) is 0 Å². The van der Waals surface area contributed by atoms with E-state index in [9.17, 15) is 5.11 Å². The Kier molecular flexibility index (Phi) is 7.13. The molecule has 3 heteroatoms. The number of hydrogen-bond donors (Lipinski definition) is 2. The second-order valence-corrected chi connectivity index (χ2v) is 6.95. The van der Waals surface area contributed by atoms with E-state index in [0.29, 0.717) is 24.5 Å². The Morgan fingerprint density at radius 1 is 1.26 bits per heavy atom. The van der Waals surface area contributed by atoms with Crippen molar-refractivity contribution in [3.63, 3.8) is 0 Å². The van der Waals surface area contributed by atoms with Crippen LogP contribution in [0.3, 0.4) is 0 Å². The van der Waals surface area contributed by atoms with Gasteiger partial charge in [-0.1, -0.05) is 25.1 Å². The number of nitrogens with one attached hydrogen (secondary N) is 1. The van der Waals surface area contributed by atoms with Gasteiger partial charge in [0, 0.05) is 38.0 Å². The van der Waals surface area contributed by atoms with Crippen molar-refractivity contribution in [2.75, 3.05) is 24.6 Å². The summed E-state index contributed by atoms with van der Waals surface area (Å²) in [6.45, 7) is 11.7. The Morgan fingerprint density at radius 2 is 1.91 bits per heavy atom. The predicted octanol–water partition coefficient (Wildman–Crippen LogP) is 3.59. The minimum atomic E-state index is 0.334. The first-order chi connectivity index (χ1) is 11.1. The third-order valence-electron chi connectivity index (χ3n) is 5.19. The summed E-state index contributed by atoms with van der Waals surface area (Å²) in [7, 11) is 0. The van der Waals surface area contributed by atoms with E-state index in [1.165, 1.54) is 11.3 Å². The van der Waals surface area contributed by atoms with Crippen LogP contribution in [0.2, 0.25) is 0 Å². The zero-order valence-corrected chi connectivity index (χ0v) is 14.7. The van der Waals surface area contributed by atoms with Gasteiger partial charge in [-0.3, -0.25) is 0 Å². The molecule has 0 bridgehead atoms. The maximum absolute atomic E-state index is 9.23. The number of anilines is 1. The van der Waals surface area contributed by atoms with E-state index in [2.05, 4.69) is 54.9 Å². The number of benzene rings is 1. The monoisotopic (exact) mass is 316 g/mol. The number of allylic oxidation sites excluding steroid dienone is 1. The molecule has 0 saturated carbocycles. The summed E-state index contributed by atoms with van der Waals surface area (Å²) in [5, 5.41) is 12.8. The van der Waals surface area contributed by atoms with Crippen molar-refractivity contribution in [3.05, 3.63) is 42.5 Å². The SMILES string of the molecule is C=CCC(C)C(C)NCc1ccc(N2CCC(CO)CC2)cc1. The first-order valence-electron chi connectivity index (χ1n) is 8.93. The average molecular weight is 316 g/mol. The molecule has 0 aromatic heterocycles. The predicted molar refractivity (Wildman–Crippen MR) is 98.7 cm³/mol. The van der Waals surface area contributed by atoms with Crippen molar-refractivity contribution in [2.24, 2.45) is 11.8 Å². The first kappa shape index (κ1) is 18.0. The van der Waals surface area contributed by atoms with Gasteiger partial charge in [0.25, 0.3) is 0 Å². The van der Waals surface area contributed by atoms with E-state index >= 15 is 0 Å². The number of aliphatic hydroxyl groups excluding tert-OH is 1. The molecule has 2 atom stereocenters. The molecule has 0 spiro atoms. The normalized spacial score (nSPS) is 18.7. The fourth-order valence-electron chi connectivity index (χ4n) is 3.15. The minimum absolute atomic E-state index is 0.334. The van der Waals surface area contributed by atoms with Crippen LogP contribution < -0.4 is 10.2 Å². The van der Waals surface area contributed by atoms with Gasteiger partial charge in [-0.15, -0.1) is 6.58 Å². The summed E-state index contributed by atoms with van der Waals surface area (Å²) in [6, 6.07) is 9.41. The third-order valence-corrected chi connectivity index (χ3v) is 5.19. The highest BCUT2D eigenvalue weighted by Gasteiger charge is 2.18. The van der Waals surface area contributed by atoms with Gasteiger partial charge in [0.15, 0.2) is 0 Å². The number of aliphatic hydroxyl groups is 1. The van der Waals surface area contributed by atoms with Crippen LogP contribution >= 0.6 is 0 Å². The van der Waals surface area contributed by atoms with Crippen LogP contribution in [-0.2, 0) is 6.54 Å². The molecule has 0 radical (unpaired) electrons. The largest absolute Gasteiger partial charge is 0.396 e. The summed E-state index contributed by atoms with van der Waals surface area (Å²) in [5.74, 6) is 1.10. The second kappa shape index (κ2) is 9.09.